The maximum Gasteiger partial charge on any atom is 0.161 e. The lowest BCUT2D eigenvalue weighted by molar-refractivity contribution is 0.00445. The van der Waals surface area contributed by atoms with E-state index in [2.05, 4.69) is 21.9 Å². The molecule has 0 saturated carbocycles. The molecule has 7 nitrogen and oxygen atoms in total. The van der Waals surface area contributed by atoms with Crippen LogP contribution in [0.3, 0.4) is 0 Å². The zero-order chi connectivity index (χ0) is 20.5. The first-order chi connectivity index (χ1) is 14.7. The Labute approximate surface area is 178 Å². The molecule has 5 rings (SSSR count). The Morgan fingerprint density at radius 3 is 2.50 bits per heavy atom. The zero-order valence-electron chi connectivity index (χ0n) is 17.9. The Bertz CT molecular complexity index is 708. The number of hydrogen-bond donors (Lipinski definition) is 1. The second-order valence-corrected chi connectivity index (χ2v) is 9.18. The van der Waals surface area contributed by atoms with Crippen molar-refractivity contribution in [3.8, 4) is 11.5 Å². The largest absolute Gasteiger partial charge is 0.493 e. The monoisotopic (exact) mass is 418 g/mol. The topological polar surface area (TPSA) is 63.6 Å². The number of aliphatic hydroxyl groups is 1. The molecule has 0 amide bonds. The maximum absolute atomic E-state index is 10.3. The molecule has 1 N–H and O–H groups in total. The average molecular weight is 419 g/mol. The molecule has 1 aromatic rings. The van der Waals surface area contributed by atoms with Gasteiger partial charge in [0.2, 0.25) is 0 Å². The SMILES string of the molecule is COc1cc(CN2C[C@@H]3[C@H](C2)[C@H]2CC[C@@H]3O2)ccc1OCC(O)CN1CCOCC1. The summed E-state index contributed by atoms with van der Waals surface area (Å²) in [6, 6.07) is 6.16. The van der Waals surface area contributed by atoms with Gasteiger partial charge in [-0.25, -0.2) is 0 Å². The zero-order valence-corrected chi connectivity index (χ0v) is 17.9. The van der Waals surface area contributed by atoms with Gasteiger partial charge in [-0.15, -0.1) is 0 Å². The highest BCUT2D eigenvalue weighted by Crippen LogP contribution is 2.47. The molecule has 7 heteroatoms. The Hall–Kier alpha value is -1.38. The first-order valence-corrected chi connectivity index (χ1v) is 11.4. The molecule has 0 radical (unpaired) electrons. The van der Waals surface area contributed by atoms with Crippen LogP contribution >= 0.6 is 0 Å². The fourth-order valence-electron chi connectivity index (χ4n) is 5.68. The molecule has 4 aliphatic rings. The minimum Gasteiger partial charge on any atom is -0.493 e. The molecule has 30 heavy (non-hydrogen) atoms. The molecular formula is C23H34N2O5. The Morgan fingerprint density at radius 1 is 1.07 bits per heavy atom. The van der Waals surface area contributed by atoms with E-state index in [1.54, 1.807) is 7.11 Å². The van der Waals surface area contributed by atoms with Gasteiger partial charge >= 0.3 is 0 Å². The third-order valence-corrected chi connectivity index (χ3v) is 7.17. The third-order valence-electron chi connectivity index (χ3n) is 7.17. The summed E-state index contributed by atoms with van der Waals surface area (Å²) in [6.07, 6.45) is 2.96. The number of rotatable bonds is 8. The van der Waals surface area contributed by atoms with Gasteiger partial charge in [0.05, 0.1) is 32.5 Å². The first kappa shape index (κ1) is 20.5. The predicted octanol–water partition coefficient (Wildman–Crippen LogP) is 1.38. The van der Waals surface area contributed by atoms with Crippen molar-refractivity contribution in [1.29, 1.82) is 0 Å². The predicted molar refractivity (Wildman–Crippen MR) is 112 cm³/mol. The van der Waals surface area contributed by atoms with Crippen LogP contribution in [0, 0.1) is 11.8 Å². The quantitative estimate of drug-likeness (QED) is 0.684. The lowest BCUT2D eigenvalue weighted by Crippen LogP contribution is -2.42. The van der Waals surface area contributed by atoms with E-state index < -0.39 is 6.10 Å². The first-order valence-electron chi connectivity index (χ1n) is 11.4. The van der Waals surface area contributed by atoms with Gasteiger partial charge in [-0.1, -0.05) is 6.07 Å². The Kier molecular flexibility index (Phi) is 6.16. The van der Waals surface area contributed by atoms with E-state index in [4.69, 9.17) is 18.9 Å². The van der Waals surface area contributed by atoms with Crippen LogP contribution in [0.1, 0.15) is 18.4 Å². The molecule has 5 atom stereocenters. The van der Waals surface area contributed by atoms with Gasteiger partial charge < -0.3 is 24.1 Å². The number of methoxy groups -OCH3 is 1. The fourth-order valence-corrected chi connectivity index (χ4v) is 5.68. The smallest absolute Gasteiger partial charge is 0.161 e. The number of aliphatic hydroxyl groups excluding tert-OH is 1. The number of likely N-dealkylation sites (tertiary alicyclic amines) is 1. The van der Waals surface area contributed by atoms with Gasteiger partial charge in [-0.05, 0) is 30.5 Å². The summed E-state index contributed by atoms with van der Waals surface area (Å²) in [7, 11) is 1.67. The number of nitrogens with zero attached hydrogens (tertiary/aromatic N) is 2. The molecule has 0 aliphatic carbocycles. The molecule has 4 heterocycles. The molecule has 4 fully saturated rings. The second-order valence-electron chi connectivity index (χ2n) is 9.18. The molecule has 0 aromatic heterocycles. The average Bonchev–Trinajstić information content (AvgIpc) is 3.47. The molecule has 1 aromatic carbocycles. The Morgan fingerprint density at radius 2 is 1.80 bits per heavy atom. The van der Waals surface area contributed by atoms with E-state index in [1.807, 2.05) is 6.07 Å². The van der Waals surface area contributed by atoms with E-state index in [-0.39, 0.29) is 6.61 Å². The van der Waals surface area contributed by atoms with Gasteiger partial charge in [0.25, 0.3) is 0 Å². The van der Waals surface area contributed by atoms with Crippen LogP contribution in [0.4, 0.5) is 0 Å². The molecule has 4 saturated heterocycles. The van der Waals surface area contributed by atoms with Crippen molar-refractivity contribution in [1.82, 2.24) is 9.80 Å². The van der Waals surface area contributed by atoms with Crippen molar-refractivity contribution < 1.29 is 24.1 Å². The van der Waals surface area contributed by atoms with Crippen LogP contribution in [0.5, 0.6) is 11.5 Å². The van der Waals surface area contributed by atoms with E-state index in [9.17, 15) is 5.11 Å². The lowest BCUT2D eigenvalue weighted by Gasteiger charge is -2.28. The molecule has 0 spiro atoms. The van der Waals surface area contributed by atoms with Crippen molar-refractivity contribution in [2.45, 2.75) is 37.7 Å². The molecule has 166 valence electrons. The van der Waals surface area contributed by atoms with Crippen molar-refractivity contribution >= 4 is 0 Å². The summed E-state index contributed by atoms with van der Waals surface area (Å²) in [5, 5.41) is 10.3. The summed E-state index contributed by atoms with van der Waals surface area (Å²) >= 11 is 0. The number of ether oxygens (including phenoxy) is 4. The van der Waals surface area contributed by atoms with Crippen LogP contribution in [-0.2, 0) is 16.0 Å². The summed E-state index contributed by atoms with van der Waals surface area (Å²) in [4.78, 5) is 4.77. The van der Waals surface area contributed by atoms with Gasteiger partial charge in [-0.3, -0.25) is 9.80 Å². The maximum atomic E-state index is 10.3. The van der Waals surface area contributed by atoms with Crippen molar-refractivity contribution in [3.63, 3.8) is 0 Å². The summed E-state index contributed by atoms with van der Waals surface area (Å²) in [6.45, 7) is 7.26. The highest BCUT2D eigenvalue weighted by molar-refractivity contribution is 5.43. The molecule has 1 unspecified atom stereocenters. The number of morpholine rings is 1. The van der Waals surface area contributed by atoms with Gasteiger partial charge in [0, 0.05) is 51.1 Å². The molecule has 2 bridgehead atoms. The van der Waals surface area contributed by atoms with E-state index in [0.29, 0.717) is 24.5 Å². The van der Waals surface area contributed by atoms with Crippen LogP contribution in [0.15, 0.2) is 18.2 Å². The number of β-amino-alcohol motifs (C(OH)–C–C–N with tert-alkyl or cyclic N) is 1. The van der Waals surface area contributed by atoms with Crippen LogP contribution < -0.4 is 9.47 Å². The lowest BCUT2D eigenvalue weighted by atomic mass is 9.82. The Balaban J connectivity index is 1.14. The van der Waals surface area contributed by atoms with Crippen LogP contribution in [-0.4, -0.2) is 92.9 Å². The summed E-state index contributed by atoms with van der Waals surface area (Å²) < 4.78 is 22.9. The molecular weight excluding hydrogens is 384 g/mol. The van der Waals surface area contributed by atoms with E-state index >= 15 is 0 Å². The van der Waals surface area contributed by atoms with Crippen LogP contribution in [0.2, 0.25) is 0 Å². The number of benzene rings is 1. The van der Waals surface area contributed by atoms with E-state index in [0.717, 1.165) is 63.5 Å². The minimum absolute atomic E-state index is 0.255. The molecule has 4 aliphatic heterocycles. The highest BCUT2D eigenvalue weighted by Gasteiger charge is 2.52. The van der Waals surface area contributed by atoms with Crippen molar-refractivity contribution in [2.24, 2.45) is 11.8 Å². The number of hydrogen-bond acceptors (Lipinski definition) is 7. The van der Waals surface area contributed by atoms with Crippen molar-refractivity contribution in [3.05, 3.63) is 23.8 Å². The third kappa shape index (κ3) is 4.32. The van der Waals surface area contributed by atoms with Crippen molar-refractivity contribution in [2.75, 3.05) is 59.7 Å². The summed E-state index contributed by atoms with van der Waals surface area (Å²) in [5.41, 5.74) is 1.24. The van der Waals surface area contributed by atoms with Gasteiger partial charge in [0.15, 0.2) is 11.5 Å². The normalized spacial score (nSPS) is 32.3. The van der Waals surface area contributed by atoms with Crippen LogP contribution in [0.25, 0.3) is 0 Å². The van der Waals surface area contributed by atoms with E-state index in [1.165, 1.54) is 18.4 Å². The van der Waals surface area contributed by atoms with Gasteiger partial charge in [-0.2, -0.15) is 0 Å². The number of fused-ring (bicyclic) bond motifs is 5. The fraction of sp³-hybridized carbons (Fsp3) is 0.739. The standard InChI is InChI=1S/C23H34N2O5/c1-27-23-10-16(11-25-13-18-19(14-25)21-5-4-20(18)30-21)2-3-22(23)29-15-17(26)12-24-6-8-28-9-7-24/h2-3,10,17-21,26H,4-9,11-15H2,1H3/t17?,18-,19+,20+,21-. The second kappa shape index (κ2) is 9.01. The summed E-state index contributed by atoms with van der Waals surface area (Å²) in [5.74, 6) is 2.86. The highest BCUT2D eigenvalue weighted by atomic mass is 16.5. The minimum atomic E-state index is -0.533. The van der Waals surface area contributed by atoms with Gasteiger partial charge in [0.1, 0.15) is 12.7 Å².